The van der Waals surface area contributed by atoms with E-state index >= 15 is 0 Å². The number of amides is 1. The lowest BCUT2D eigenvalue weighted by Crippen LogP contribution is -2.43. The molecule has 8 nitrogen and oxygen atoms in total. The zero-order valence-electron chi connectivity index (χ0n) is 16.0. The van der Waals surface area contributed by atoms with Crippen molar-refractivity contribution in [3.8, 4) is 17.2 Å². The molecular weight excluding hydrogens is 354 g/mol. The van der Waals surface area contributed by atoms with Gasteiger partial charge in [0.2, 0.25) is 0 Å². The fourth-order valence-corrected chi connectivity index (χ4v) is 3.38. The molecule has 0 unspecified atom stereocenters. The van der Waals surface area contributed by atoms with Crippen molar-refractivity contribution >= 4 is 5.91 Å². The van der Waals surface area contributed by atoms with Crippen LogP contribution in [0, 0.1) is 6.92 Å². The highest BCUT2D eigenvalue weighted by molar-refractivity contribution is 5.95. The van der Waals surface area contributed by atoms with Crippen molar-refractivity contribution in [3.05, 3.63) is 54.2 Å². The molecular formula is C20H23N7O. The second kappa shape index (κ2) is 7.85. The summed E-state index contributed by atoms with van der Waals surface area (Å²) in [7, 11) is 2.10. The minimum Gasteiger partial charge on any atom is -0.349 e. The molecule has 0 radical (unpaired) electrons. The zero-order chi connectivity index (χ0) is 19.5. The summed E-state index contributed by atoms with van der Waals surface area (Å²) in [6.07, 6.45) is 8.67. The number of hydrogen-bond acceptors (Lipinski definition) is 6. The smallest absolute Gasteiger partial charge is 0.254 e. The fourth-order valence-electron chi connectivity index (χ4n) is 3.38. The predicted molar refractivity (Wildman–Crippen MR) is 105 cm³/mol. The second-order valence-corrected chi connectivity index (χ2v) is 7.09. The molecule has 3 aromatic rings. The summed E-state index contributed by atoms with van der Waals surface area (Å²) in [5.41, 5.74) is 2.92. The molecule has 1 saturated heterocycles. The lowest BCUT2D eigenvalue weighted by molar-refractivity contribution is 0.0916. The fraction of sp³-hybridized carbons (Fsp3) is 0.350. The number of rotatable bonds is 4. The average molecular weight is 377 g/mol. The van der Waals surface area contributed by atoms with Gasteiger partial charge in [0.05, 0.1) is 23.1 Å². The molecule has 0 aliphatic carbocycles. The maximum Gasteiger partial charge on any atom is 0.254 e. The van der Waals surface area contributed by atoms with Gasteiger partial charge in [0.1, 0.15) is 0 Å². The van der Waals surface area contributed by atoms with Crippen LogP contribution in [0.15, 0.2) is 43.0 Å². The standard InChI is InChI=1S/C20H23N7O/c1-14-17(19(28)24-16-6-10-26(2)11-7-16)13-23-27(14)20-22-9-5-18(25-20)15-4-3-8-21-12-15/h3-5,8-9,12-13,16H,6-7,10-11H2,1-2H3,(H,24,28). The van der Waals surface area contributed by atoms with E-state index < -0.39 is 0 Å². The Labute approximate surface area is 163 Å². The molecule has 1 amide bonds. The molecule has 144 valence electrons. The highest BCUT2D eigenvalue weighted by atomic mass is 16.1. The molecule has 4 heterocycles. The second-order valence-electron chi connectivity index (χ2n) is 7.09. The lowest BCUT2D eigenvalue weighted by Gasteiger charge is -2.29. The predicted octanol–water partition coefficient (Wildman–Crippen LogP) is 1.86. The van der Waals surface area contributed by atoms with Crippen LogP contribution in [0.4, 0.5) is 0 Å². The molecule has 0 spiro atoms. The van der Waals surface area contributed by atoms with Crippen molar-refractivity contribution in [3.63, 3.8) is 0 Å². The van der Waals surface area contributed by atoms with Crippen molar-refractivity contribution in [2.75, 3.05) is 20.1 Å². The topological polar surface area (TPSA) is 88.8 Å². The summed E-state index contributed by atoms with van der Waals surface area (Å²) in [6, 6.07) is 5.83. The number of nitrogens with zero attached hydrogens (tertiary/aromatic N) is 6. The molecule has 0 aromatic carbocycles. The van der Waals surface area contributed by atoms with E-state index in [-0.39, 0.29) is 11.9 Å². The maximum atomic E-state index is 12.7. The Bertz CT molecular complexity index is 962. The number of piperidine rings is 1. The number of aromatic nitrogens is 5. The summed E-state index contributed by atoms with van der Waals surface area (Å²) in [6.45, 7) is 3.85. The Balaban J connectivity index is 1.54. The van der Waals surface area contributed by atoms with Crippen LogP contribution < -0.4 is 5.32 Å². The van der Waals surface area contributed by atoms with Crippen LogP contribution in [0.25, 0.3) is 17.2 Å². The van der Waals surface area contributed by atoms with E-state index in [4.69, 9.17) is 0 Å². The van der Waals surface area contributed by atoms with E-state index in [1.165, 1.54) is 0 Å². The molecule has 3 aromatic heterocycles. The third-order valence-corrected chi connectivity index (χ3v) is 5.10. The van der Waals surface area contributed by atoms with Gasteiger partial charge >= 0.3 is 0 Å². The molecule has 0 saturated carbocycles. The maximum absolute atomic E-state index is 12.7. The van der Waals surface area contributed by atoms with E-state index in [1.807, 2.05) is 25.1 Å². The molecule has 28 heavy (non-hydrogen) atoms. The van der Waals surface area contributed by atoms with Gasteiger partial charge in [-0.25, -0.2) is 14.6 Å². The van der Waals surface area contributed by atoms with Crippen molar-refractivity contribution in [1.29, 1.82) is 0 Å². The van der Waals surface area contributed by atoms with Crippen LogP contribution in [0.2, 0.25) is 0 Å². The van der Waals surface area contributed by atoms with Crippen LogP contribution >= 0.6 is 0 Å². The quantitative estimate of drug-likeness (QED) is 0.747. The van der Waals surface area contributed by atoms with Gasteiger partial charge < -0.3 is 10.2 Å². The van der Waals surface area contributed by atoms with Crippen molar-refractivity contribution in [2.24, 2.45) is 0 Å². The first-order valence-electron chi connectivity index (χ1n) is 9.39. The largest absolute Gasteiger partial charge is 0.349 e. The number of pyridine rings is 1. The van der Waals surface area contributed by atoms with Crippen LogP contribution in [-0.4, -0.2) is 61.7 Å². The normalized spacial score (nSPS) is 15.5. The SMILES string of the molecule is Cc1c(C(=O)NC2CCN(C)CC2)cnn1-c1nccc(-c2cccnc2)n1. The molecule has 1 aliphatic rings. The molecule has 4 rings (SSSR count). The van der Waals surface area contributed by atoms with Crippen LogP contribution in [0.5, 0.6) is 0 Å². The van der Waals surface area contributed by atoms with Crippen LogP contribution in [0.1, 0.15) is 28.9 Å². The van der Waals surface area contributed by atoms with E-state index in [1.54, 1.807) is 29.5 Å². The summed E-state index contributed by atoms with van der Waals surface area (Å²) in [5.74, 6) is 0.332. The number of carbonyl (C=O) groups excluding carboxylic acids is 1. The van der Waals surface area contributed by atoms with Crippen molar-refractivity contribution in [2.45, 2.75) is 25.8 Å². The Hall–Kier alpha value is -3.13. The Morgan fingerprint density at radius 1 is 1.18 bits per heavy atom. The van der Waals surface area contributed by atoms with Gasteiger partial charge in [0.15, 0.2) is 0 Å². The van der Waals surface area contributed by atoms with Gasteiger partial charge in [-0.1, -0.05) is 0 Å². The highest BCUT2D eigenvalue weighted by Crippen LogP contribution is 2.18. The molecule has 8 heteroatoms. The van der Waals surface area contributed by atoms with Gasteiger partial charge in [-0.05, 0) is 58.1 Å². The molecule has 0 atom stereocenters. The first-order chi connectivity index (χ1) is 13.6. The van der Waals surface area contributed by atoms with Crippen molar-refractivity contribution in [1.82, 2.24) is 34.9 Å². The molecule has 1 fully saturated rings. The lowest BCUT2D eigenvalue weighted by atomic mass is 10.1. The third kappa shape index (κ3) is 3.77. The monoisotopic (exact) mass is 377 g/mol. The Morgan fingerprint density at radius 2 is 2.00 bits per heavy atom. The van der Waals surface area contributed by atoms with Gasteiger partial charge in [-0.2, -0.15) is 5.10 Å². The first kappa shape index (κ1) is 18.2. The molecule has 0 bridgehead atoms. The van der Waals surface area contributed by atoms with E-state index in [9.17, 15) is 4.79 Å². The van der Waals surface area contributed by atoms with E-state index in [2.05, 4.69) is 37.3 Å². The number of carbonyl (C=O) groups is 1. The Kier molecular flexibility index (Phi) is 5.12. The average Bonchev–Trinajstić information content (AvgIpc) is 3.12. The van der Waals surface area contributed by atoms with Crippen LogP contribution in [0.3, 0.4) is 0 Å². The van der Waals surface area contributed by atoms with Gasteiger partial charge in [0.25, 0.3) is 11.9 Å². The molecule has 1 N–H and O–H groups in total. The Morgan fingerprint density at radius 3 is 2.75 bits per heavy atom. The van der Waals surface area contributed by atoms with Crippen molar-refractivity contribution < 1.29 is 4.79 Å². The van der Waals surface area contributed by atoms with E-state index in [0.29, 0.717) is 17.2 Å². The number of nitrogens with one attached hydrogen (secondary N) is 1. The number of likely N-dealkylation sites (tertiary alicyclic amines) is 1. The van der Waals surface area contributed by atoms with E-state index in [0.717, 1.165) is 37.2 Å². The highest BCUT2D eigenvalue weighted by Gasteiger charge is 2.22. The van der Waals surface area contributed by atoms with Crippen LogP contribution in [-0.2, 0) is 0 Å². The summed E-state index contributed by atoms with van der Waals surface area (Å²) in [4.78, 5) is 28.0. The van der Waals surface area contributed by atoms with Gasteiger partial charge in [-0.15, -0.1) is 0 Å². The summed E-state index contributed by atoms with van der Waals surface area (Å²) >= 11 is 0. The number of hydrogen-bond donors (Lipinski definition) is 1. The molecule has 1 aliphatic heterocycles. The van der Waals surface area contributed by atoms with Gasteiger partial charge in [0, 0.05) is 30.2 Å². The first-order valence-corrected chi connectivity index (χ1v) is 9.39. The summed E-state index contributed by atoms with van der Waals surface area (Å²) < 4.78 is 1.60. The minimum absolute atomic E-state index is 0.0956. The third-order valence-electron chi connectivity index (χ3n) is 5.10. The minimum atomic E-state index is -0.0956. The zero-order valence-corrected chi connectivity index (χ0v) is 16.0. The summed E-state index contributed by atoms with van der Waals surface area (Å²) in [5, 5.41) is 7.48. The van der Waals surface area contributed by atoms with Gasteiger partial charge in [-0.3, -0.25) is 9.78 Å².